The number of amides is 1. The minimum Gasteiger partial charge on any atom is -0.336 e. The fourth-order valence-electron chi connectivity index (χ4n) is 3.91. The summed E-state index contributed by atoms with van der Waals surface area (Å²) in [5.41, 5.74) is -0.218. The Labute approximate surface area is 154 Å². The second-order valence-corrected chi connectivity index (χ2v) is 8.73. The van der Waals surface area contributed by atoms with Crippen molar-refractivity contribution in [1.82, 2.24) is 9.80 Å². The van der Waals surface area contributed by atoms with Crippen molar-refractivity contribution in [3.63, 3.8) is 0 Å². The first-order valence-corrected chi connectivity index (χ1v) is 10.8. The van der Waals surface area contributed by atoms with Gasteiger partial charge < -0.3 is 9.80 Å². The Hall–Kier alpha value is -1.51. The van der Waals surface area contributed by atoms with Crippen molar-refractivity contribution < 1.29 is 17.6 Å². The molecule has 2 N–H and O–H groups in total. The molecule has 0 bridgehead atoms. The second kappa shape index (κ2) is 8.02. The maximum atomic E-state index is 14.2. The van der Waals surface area contributed by atoms with Crippen LogP contribution in [-0.4, -0.2) is 56.3 Å². The van der Waals surface area contributed by atoms with E-state index in [0.717, 1.165) is 63.5 Å². The quantitative estimate of drug-likeness (QED) is 0.842. The zero-order valence-corrected chi connectivity index (χ0v) is 15.7. The van der Waals surface area contributed by atoms with Crippen LogP contribution in [0.2, 0.25) is 0 Å². The smallest absolute Gasteiger partial charge is 0.257 e. The molecular formula is C18H26FN3O3S. The van der Waals surface area contributed by atoms with E-state index >= 15 is 0 Å². The standard InChI is InChI=1S/C18H26FN3O3S/c19-17-7-6-15(26(20,24)25)13-16(17)18(23)22-11-2-1-5-14(22)8-12-21-9-3-4-10-21/h6-7,13-14H,1-5,8-12H2,(H2,20,24,25). The predicted molar refractivity (Wildman–Crippen MR) is 96.7 cm³/mol. The van der Waals surface area contributed by atoms with Crippen LogP contribution >= 0.6 is 0 Å². The molecule has 1 unspecified atom stereocenters. The van der Waals surface area contributed by atoms with Crippen molar-refractivity contribution in [2.75, 3.05) is 26.2 Å². The van der Waals surface area contributed by atoms with E-state index in [1.54, 1.807) is 4.90 Å². The molecule has 0 spiro atoms. The summed E-state index contributed by atoms with van der Waals surface area (Å²) in [5.74, 6) is -1.16. The number of hydrogen-bond donors (Lipinski definition) is 1. The number of sulfonamides is 1. The molecule has 2 saturated heterocycles. The van der Waals surface area contributed by atoms with Gasteiger partial charge in [0.25, 0.3) is 5.91 Å². The number of carbonyl (C=O) groups excluding carboxylic acids is 1. The molecule has 0 radical (unpaired) electrons. The lowest BCUT2D eigenvalue weighted by Crippen LogP contribution is -2.45. The van der Waals surface area contributed by atoms with Crippen molar-refractivity contribution >= 4 is 15.9 Å². The molecule has 2 fully saturated rings. The lowest BCUT2D eigenvalue weighted by atomic mass is 9.98. The number of hydrogen-bond acceptors (Lipinski definition) is 4. The third-order valence-corrected chi connectivity index (χ3v) is 6.27. The first-order chi connectivity index (χ1) is 12.4. The summed E-state index contributed by atoms with van der Waals surface area (Å²) in [6.07, 6.45) is 6.13. The highest BCUT2D eigenvalue weighted by molar-refractivity contribution is 7.89. The molecule has 6 nitrogen and oxygen atoms in total. The van der Waals surface area contributed by atoms with Crippen LogP contribution in [0.1, 0.15) is 48.9 Å². The third-order valence-electron chi connectivity index (χ3n) is 5.36. The molecule has 0 saturated carbocycles. The Bertz CT molecular complexity index is 763. The molecule has 2 heterocycles. The van der Waals surface area contributed by atoms with Crippen molar-refractivity contribution in [3.05, 3.63) is 29.6 Å². The average Bonchev–Trinajstić information content (AvgIpc) is 3.12. The van der Waals surface area contributed by atoms with E-state index in [0.29, 0.717) is 6.54 Å². The summed E-state index contributed by atoms with van der Waals surface area (Å²) in [6, 6.07) is 3.20. The summed E-state index contributed by atoms with van der Waals surface area (Å²) in [5, 5.41) is 5.12. The number of rotatable bonds is 5. The van der Waals surface area contributed by atoms with Crippen LogP contribution < -0.4 is 5.14 Å². The van der Waals surface area contributed by atoms with Gasteiger partial charge in [-0.3, -0.25) is 4.79 Å². The highest BCUT2D eigenvalue weighted by Gasteiger charge is 2.30. The van der Waals surface area contributed by atoms with E-state index in [-0.39, 0.29) is 16.5 Å². The number of nitrogens with zero attached hydrogens (tertiary/aromatic N) is 2. The fourth-order valence-corrected chi connectivity index (χ4v) is 4.45. The zero-order chi connectivity index (χ0) is 18.7. The summed E-state index contributed by atoms with van der Waals surface area (Å²) < 4.78 is 37.3. The normalized spacial score (nSPS) is 21.9. The number of benzene rings is 1. The summed E-state index contributed by atoms with van der Waals surface area (Å²) in [4.78, 5) is 16.8. The Morgan fingerprint density at radius 3 is 2.54 bits per heavy atom. The zero-order valence-electron chi connectivity index (χ0n) is 14.9. The van der Waals surface area contributed by atoms with Gasteiger partial charge in [-0.05, 0) is 69.8 Å². The van der Waals surface area contributed by atoms with Gasteiger partial charge in [0.1, 0.15) is 5.82 Å². The molecule has 0 aliphatic carbocycles. The van der Waals surface area contributed by atoms with Gasteiger partial charge in [-0.15, -0.1) is 0 Å². The summed E-state index contributed by atoms with van der Waals surface area (Å²) in [6.45, 7) is 3.72. The number of nitrogens with two attached hydrogens (primary N) is 1. The topological polar surface area (TPSA) is 83.7 Å². The van der Waals surface area contributed by atoms with E-state index in [1.165, 1.54) is 12.8 Å². The van der Waals surface area contributed by atoms with E-state index in [4.69, 9.17) is 5.14 Å². The lowest BCUT2D eigenvalue weighted by molar-refractivity contribution is 0.0583. The number of piperidine rings is 1. The van der Waals surface area contributed by atoms with Gasteiger partial charge in [-0.25, -0.2) is 17.9 Å². The molecule has 1 amide bonds. The van der Waals surface area contributed by atoms with Crippen molar-refractivity contribution in [2.45, 2.75) is 49.5 Å². The fraction of sp³-hybridized carbons (Fsp3) is 0.611. The monoisotopic (exact) mass is 383 g/mol. The van der Waals surface area contributed by atoms with Gasteiger partial charge in [0.15, 0.2) is 0 Å². The van der Waals surface area contributed by atoms with E-state index < -0.39 is 21.7 Å². The van der Waals surface area contributed by atoms with Crippen LogP contribution in [0.3, 0.4) is 0 Å². The Morgan fingerprint density at radius 1 is 1.15 bits per heavy atom. The van der Waals surface area contributed by atoms with Crippen LogP contribution in [0.4, 0.5) is 4.39 Å². The lowest BCUT2D eigenvalue weighted by Gasteiger charge is -2.37. The average molecular weight is 383 g/mol. The maximum absolute atomic E-state index is 14.2. The number of likely N-dealkylation sites (tertiary alicyclic amines) is 2. The van der Waals surface area contributed by atoms with Crippen LogP contribution in [0.25, 0.3) is 0 Å². The van der Waals surface area contributed by atoms with E-state index in [9.17, 15) is 17.6 Å². The number of primary sulfonamides is 1. The maximum Gasteiger partial charge on any atom is 0.257 e. The Kier molecular flexibility index (Phi) is 5.94. The molecule has 0 aromatic heterocycles. The van der Waals surface area contributed by atoms with Gasteiger partial charge in [0.2, 0.25) is 10.0 Å². The molecule has 8 heteroatoms. The first kappa shape index (κ1) is 19.3. The second-order valence-electron chi connectivity index (χ2n) is 7.17. The predicted octanol–water partition coefficient (Wildman–Crippen LogP) is 1.95. The Balaban J connectivity index is 1.77. The van der Waals surface area contributed by atoms with Crippen molar-refractivity contribution in [2.24, 2.45) is 5.14 Å². The van der Waals surface area contributed by atoms with Crippen molar-refractivity contribution in [3.8, 4) is 0 Å². The summed E-state index contributed by atoms with van der Waals surface area (Å²) in [7, 11) is -3.99. The molecule has 144 valence electrons. The molecule has 2 aliphatic rings. The van der Waals surface area contributed by atoms with Crippen LogP contribution in [0.15, 0.2) is 23.1 Å². The highest BCUT2D eigenvalue weighted by atomic mass is 32.2. The van der Waals surface area contributed by atoms with E-state index in [2.05, 4.69) is 4.90 Å². The minimum atomic E-state index is -3.99. The first-order valence-electron chi connectivity index (χ1n) is 9.22. The molecule has 2 aliphatic heterocycles. The molecule has 26 heavy (non-hydrogen) atoms. The molecule has 1 atom stereocenters. The van der Waals surface area contributed by atoms with Gasteiger partial charge in [0, 0.05) is 19.1 Å². The van der Waals surface area contributed by atoms with Crippen molar-refractivity contribution in [1.29, 1.82) is 0 Å². The van der Waals surface area contributed by atoms with E-state index in [1.807, 2.05) is 0 Å². The van der Waals surface area contributed by atoms with Gasteiger partial charge in [-0.1, -0.05) is 0 Å². The summed E-state index contributed by atoms with van der Waals surface area (Å²) >= 11 is 0. The molecular weight excluding hydrogens is 357 g/mol. The molecule has 1 aromatic carbocycles. The minimum absolute atomic E-state index is 0.0642. The SMILES string of the molecule is NS(=O)(=O)c1ccc(F)c(C(=O)N2CCCCC2CCN2CCCC2)c1. The van der Waals surface area contributed by atoms with Gasteiger partial charge >= 0.3 is 0 Å². The van der Waals surface area contributed by atoms with Crippen LogP contribution in [-0.2, 0) is 10.0 Å². The third kappa shape index (κ3) is 4.42. The Morgan fingerprint density at radius 2 is 1.85 bits per heavy atom. The number of halogens is 1. The van der Waals surface area contributed by atoms with Gasteiger partial charge in [-0.2, -0.15) is 0 Å². The van der Waals surface area contributed by atoms with Crippen LogP contribution in [0, 0.1) is 5.82 Å². The largest absolute Gasteiger partial charge is 0.336 e. The molecule has 1 aromatic rings. The number of carbonyl (C=O) groups is 1. The van der Waals surface area contributed by atoms with Crippen LogP contribution in [0.5, 0.6) is 0 Å². The molecule has 3 rings (SSSR count). The van der Waals surface area contributed by atoms with Gasteiger partial charge in [0.05, 0.1) is 10.5 Å². The highest BCUT2D eigenvalue weighted by Crippen LogP contribution is 2.25.